The lowest BCUT2D eigenvalue weighted by Gasteiger charge is -1.87. The van der Waals surface area contributed by atoms with Gasteiger partial charge in [-0.25, -0.2) is 0 Å². The van der Waals surface area contributed by atoms with Crippen LogP contribution in [0.2, 0.25) is 0 Å². The van der Waals surface area contributed by atoms with Crippen LogP contribution in [0, 0.1) is 0 Å². The molecule has 0 fully saturated rings. The van der Waals surface area contributed by atoms with E-state index >= 15 is 0 Å². The minimum absolute atomic E-state index is 0.360. The molecule has 3 nitrogen and oxygen atoms in total. The highest BCUT2D eigenvalue weighted by Crippen LogP contribution is 2.18. The van der Waals surface area contributed by atoms with Crippen molar-refractivity contribution in [2.75, 3.05) is 0 Å². The molecule has 0 saturated heterocycles. The zero-order valence-corrected chi connectivity index (χ0v) is 7.72. The zero-order valence-electron chi connectivity index (χ0n) is 5.32. The van der Waals surface area contributed by atoms with E-state index in [4.69, 9.17) is 10.0 Å². The highest BCUT2D eigenvalue weighted by molar-refractivity contribution is 9.10. The Labute approximate surface area is 75.9 Å². The van der Waals surface area contributed by atoms with Crippen LogP contribution in [0.1, 0.15) is 9.67 Å². The zero-order chi connectivity index (χ0) is 8.43. The molecule has 0 amide bonds. The maximum Gasteiger partial charge on any atom is 0.499 e. The number of rotatable bonds is 2. The van der Waals surface area contributed by atoms with Crippen molar-refractivity contribution in [2.24, 2.45) is 0 Å². The number of aldehydes is 1. The van der Waals surface area contributed by atoms with Gasteiger partial charge in [-0.1, -0.05) is 0 Å². The normalized spacial score (nSPS) is 9.73. The van der Waals surface area contributed by atoms with E-state index in [0.717, 1.165) is 11.3 Å². The Bertz CT molecular complexity index is 273. The average Bonchev–Trinajstić information content (AvgIpc) is 2.31. The van der Waals surface area contributed by atoms with Gasteiger partial charge in [0.2, 0.25) is 0 Å². The Morgan fingerprint density at radius 2 is 2.27 bits per heavy atom. The van der Waals surface area contributed by atoms with Crippen molar-refractivity contribution in [1.29, 1.82) is 0 Å². The summed E-state index contributed by atoms with van der Waals surface area (Å²) in [5.74, 6) is 0. The second-order valence-corrected chi connectivity index (χ2v) is 3.82. The molecule has 1 aromatic heterocycles. The number of hydrogen-bond donors (Lipinski definition) is 2. The van der Waals surface area contributed by atoms with Crippen LogP contribution in [0.25, 0.3) is 0 Å². The summed E-state index contributed by atoms with van der Waals surface area (Å²) in [4.78, 5) is 10.7. The number of hydrogen-bond acceptors (Lipinski definition) is 4. The first-order chi connectivity index (χ1) is 5.15. The second-order valence-electron chi connectivity index (χ2n) is 1.85. The third kappa shape index (κ3) is 1.90. The second kappa shape index (κ2) is 3.49. The molecular formula is C5H4BBrO3S. The largest absolute Gasteiger partial charge is 0.499 e. The van der Waals surface area contributed by atoms with Crippen LogP contribution in [-0.4, -0.2) is 23.5 Å². The lowest BCUT2D eigenvalue weighted by Crippen LogP contribution is -2.26. The number of halogens is 1. The molecule has 0 bridgehead atoms. The lowest BCUT2D eigenvalue weighted by atomic mass is 9.90. The third-order valence-electron chi connectivity index (χ3n) is 1.09. The molecule has 1 heterocycles. The topological polar surface area (TPSA) is 57.5 Å². The predicted molar refractivity (Wildman–Crippen MR) is 47.2 cm³/mol. The Kier molecular flexibility index (Phi) is 2.83. The predicted octanol–water partition coefficient (Wildman–Crippen LogP) is 0.00290. The van der Waals surface area contributed by atoms with Crippen LogP contribution in [0.5, 0.6) is 0 Å². The molecule has 1 rings (SSSR count). The summed E-state index contributed by atoms with van der Waals surface area (Å²) >= 11 is 4.16. The molecule has 6 heteroatoms. The maximum atomic E-state index is 10.3. The molecule has 0 aliphatic heterocycles. The molecule has 0 saturated carbocycles. The molecule has 58 valence electrons. The van der Waals surface area contributed by atoms with Gasteiger partial charge in [0.25, 0.3) is 0 Å². The van der Waals surface area contributed by atoms with Crippen molar-refractivity contribution in [2.45, 2.75) is 0 Å². The van der Waals surface area contributed by atoms with E-state index in [1.54, 1.807) is 0 Å². The van der Waals surface area contributed by atoms with E-state index in [9.17, 15) is 4.79 Å². The SMILES string of the molecule is O=Cc1sc(B(O)O)cc1Br. The van der Waals surface area contributed by atoms with Crippen molar-refractivity contribution in [3.63, 3.8) is 0 Å². The first kappa shape index (κ1) is 8.93. The molecule has 1 aromatic rings. The van der Waals surface area contributed by atoms with Crippen molar-refractivity contribution in [1.82, 2.24) is 0 Å². The molecule has 11 heavy (non-hydrogen) atoms. The Hall–Kier alpha value is -0.165. The highest BCUT2D eigenvalue weighted by Gasteiger charge is 2.16. The lowest BCUT2D eigenvalue weighted by molar-refractivity contribution is 0.112. The maximum absolute atomic E-state index is 10.3. The van der Waals surface area contributed by atoms with E-state index in [1.807, 2.05) is 0 Å². The number of carbonyl (C=O) groups excluding carboxylic acids is 1. The fourth-order valence-electron chi connectivity index (χ4n) is 0.609. The Morgan fingerprint density at radius 3 is 2.55 bits per heavy atom. The summed E-state index contributed by atoms with van der Waals surface area (Å²) in [6.07, 6.45) is 0.667. The van der Waals surface area contributed by atoms with Crippen LogP contribution >= 0.6 is 27.3 Å². The molecule has 0 aliphatic carbocycles. The number of thiophene rings is 1. The third-order valence-corrected chi connectivity index (χ3v) is 3.11. The summed E-state index contributed by atoms with van der Waals surface area (Å²) < 4.78 is 0.958. The van der Waals surface area contributed by atoms with Gasteiger partial charge in [-0.05, 0) is 22.0 Å². The summed E-state index contributed by atoms with van der Waals surface area (Å²) in [7, 11) is -1.50. The standard InChI is InChI=1S/C5H4BBrO3S/c7-3-1-5(6(9)10)11-4(3)2-8/h1-2,9-10H. The van der Waals surface area contributed by atoms with Crippen LogP contribution in [-0.2, 0) is 0 Å². The molecule has 0 unspecified atom stereocenters. The van der Waals surface area contributed by atoms with Gasteiger partial charge in [0.15, 0.2) is 6.29 Å². The van der Waals surface area contributed by atoms with Gasteiger partial charge in [0, 0.05) is 9.25 Å². The first-order valence-corrected chi connectivity index (χ1v) is 4.36. The van der Waals surface area contributed by atoms with E-state index < -0.39 is 7.12 Å². The van der Waals surface area contributed by atoms with Gasteiger partial charge in [-0.15, -0.1) is 11.3 Å². The highest BCUT2D eigenvalue weighted by atomic mass is 79.9. The van der Waals surface area contributed by atoms with Crippen molar-refractivity contribution in [3.8, 4) is 0 Å². The smallest absolute Gasteiger partial charge is 0.423 e. The monoisotopic (exact) mass is 234 g/mol. The molecule has 0 aliphatic rings. The fourth-order valence-corrected chi connectivity index (χ4v) is 2.08. The molecule has 0 spiro atoms. The Balaban J connectivity index is 3.04. The van der Waals surface area contributed by atoms with Crippen molar-refractivity contribution < 1.29 is 14.8 Å². The van der Waals surface area contributed by atoms with Gasteiger partial charge in [-0.3, -0.25) is 4.79 Å². The summed E-state index contributed by atoms with van der Waals surface area (Å²) in [6, 6.07) is 1.51. The number of carbonyl (C=O) groups is 1. The quantitative estimate of drug-likeness (QED) is 0.560. The average molecular weight is 235 g/mol. The summed E-state index contributed by atoms with van der Waals surface area (Å²) in [6.45, 7) is 0. The van der Waals surface area contributed by atoms with Crippen LogP contribution in [0.3, 0.4) is 0 Å². The van der Waals surface area contributed by atoms with Crippen molar-refractivity contribution in [3.05, 3.63) is 15.4 Å². The van der Waals surface area contributed by atoms with Crippen LogP contribution < -0.4 is 4.78 Å². The van der Waals surface area contributed by atoms with E-state index in [2.05, 4.69) is 15.9 Å². The van der Waals surface area contributed by atoms with E-state index in [0.29, 0.717) is 20.4 Å². The van der Waals surface area contributed by atoms with Gasteiger partial charge < -0.3 is 10.0 Å². The van der Waals surface area contributed by atoms with E-state index in [1.165, 1.54) is 6.07 Å². The van der Waals surface area contributed by atoms with Crippen molar-refractivity contribution >= 4 is 45.4 Å². The van der Waals surface area contributed by atoms with Gasteiger partial charge in [0.1, 0.15) is 0 Å². The van der Waals surface area contributed by atoms with Crippen LogP contribution in [0.15, 0.2) is 10.5 Å². The molecule has 0 radical (unpaired) electrons. The molecular weight excluding hydrogens is 231 g/mol. The summed E-state index contributed by atoms with van der Waals surface area (Å²) in [5, 5.41) is 17.4. The molecule has 2 N–H and O–H groups in total. The van der Waals surface area contributed by atoms with Crippen LogP contribution in [0.4, 0.5) is 0 Å². The Morgan fingerprint density at radius 1 is 1.64 bits per heavy atom. The molecule has 0 aromatic carbocycles. The minimum Gasteiger partial charge on any atom is -0.423 e. The summed E-state index contributed by atoms with van der Waals surface area (Å²) in [5.41, 5.74) is 0. The molecule has 0 atom stereocenters. The first-order valence-electron chi connectivity index (χ1n) is 2.75. The van der Waals surface area contributed by atoms with Gasteiger partial charge in [-0.2, -0.15) is 0 Å². The van der Waals surface area contributed by atoms with Gasteiger partial charge in [0.05, 0.1) is 4.88 Å². The fraction of sp³-hybridized carbons (Fsp3) is 0. The minimum atomic E-state index is -1.50. The van der Waals surface area contributed by atoms with Gasteiger partial charge >= 0.3 is 7.12 Å². The van der Waals surface area contributed by atoms with E-state index in [-0.39, 0.29) is 0 Å².